The van der Waals surface area contributed by atoms with E-state index in [1.807, 2.05) is 41.0 Å². The molecule has 3 aromatic carbocycles. The molecule has 0 fully saturated rings. The van der Waals surface area contributed by atoms with Crippen molar-refractivity contribution in [2.45, 2.75) is 6.92 Å². The molecule has 0 atom stereocenters. The fourth-order valence-corrected chi connectivity index (χ4v) is 5.29. The van der Waals surface area contributed by atoms with Gasteiger partial charge in [-0.15, -0.1) is 11.3 Å². The van der Waals surface area contributed by atoms with Gasteiger partial charge < -0.3 is 0 Å². The van der Waals surface area contributed by atoms with Gasteiger partial charge in [-0.1, -0.05) is 64.0 Å². The van der Waals surface area contributed by atoms with Crippen LogP contribution in [-0.4, -0.2) is 4.57 Å². The van der Waals surface area contributed by atoms with Crippen LogP contribution in [0.15, 0.2) is 76.0 Å². The molecule has 4 heteroatoms. The minimum absolute atomic E-state index is 0.0459. The average Bonchev–Trinajstić information content (AvgIpc) is 2.94. The van der Waals surface area contributed by atoms with Gasteiger partial charge in [-0.25, -0.2) is 0 Å². The monoisotopic (exact) mass is 419 g/mol. The number of nitrogens with zero attached hydrogens (tertiary/aromatic N) is 1. The van der Waals surface area contributed by atoms with Crippen molar-refractivity contribution in [1.82, 2.24) is 4.57 Å². The van der Waals surface area contributed by atoms with Gasteiger partial charge in [-0.3, -0.25) is 9.36 Å². The lowest BCUT2D eigenvalue weighted by molar-refractivity contribution is 1.10. The Bertz CT molecular complexity index is 1330. The maximum Gasteiger partial charge on any atom is 0.263 e. The number of fused-ring (bicyclic) bond motifs is 5. The molecule has 0 saturated carbocycles. The Morgan fingerprint density at radius 2 is 1.73 bits per heavy atom. The van der Waals surface area contributed by atoms with Gasteiger partial charge in [-0.2, -0.15) is 0 Å². The lowest BCUT2D eigenvalue weighted by Gasteiger charge is -2.15. The highest BCUT2D eigenvalue weighted by atomic mass is 79.9. The average molecular weight is 420 g/mol. The molecular formula is C22H14BrNOS. The first-order valence-electron chi connectivity index (χ1n) is 8.36. The molecule has 2 aliphatic rings. The Labute approximate surface area is 162 Å². The van der Waals surface area contributed by atoms with Gasteiger partial charge in [0.25, 0.3) is 5.56 Å². The summed E-state index contributed by atoms with van der Waals surface area (Å²) >= 11 is 5.29. The standard InChI is InChI=1S/C22H14BrNOS/c1-13-5-4-6-14(11-13)21-20-16-7-2-3-8-17(16)22(25)24(20)18-10-9-15(23)12-19(18)26-21/h2-12H,1H3. The van der Waals surface area contributed by atoms with Crippen LogP contribution in [0, 0.1) is 6.92 Å². The Hall–Kier alpha value is -2.43. The largest absolute Gasteiger partial charge is 0.273 e. The third kappa shape index (κ3) is 2.26. The van der Waals surface area contributed by atoms with Gasteiger partial charge in [0.1, 0.15) is 0 Å². The van der Waals surface area contributed by atoms with E-state index in [1.54, 1.807) is 11.3 Å². The molecular weight excluding hydrogens is 406 g/mol. The fraction of sp³-hybridized carbons (Fsp3) is 0.0455. The van der Waals surface area contributed by atoms with Crippen LogP contribution in [0.3, 0.4) is 0 Å². The topological polar surface area (TPSA) is 22.0 Å². The molecule has 126 valence electrons. The molecule has 0 N–H and O–H groups in total. The first kappa shape index (κ1) is 15.8. The van der Waals surface area contributed by atoms with Crippen molar-refractivity contribution in [2.75, 3.05) is 0 Å². The Balaban J connectivity index is 2.06. The second-order valence-electron chi connectivity index (χ2n) is 6.45. The van der Waals surface area contributed by atoms with Crippen molar-refractivity contribution in [3.8, 4) is 16.1 Å². The second-order valence-corrected chi connectivity index (χ2v) is 8.42. The van der Waals surface area contributed by atoms with Gasteiger partial charge in [0, 0.05) is 15.2 Å². The summed E-state index contributed by atoms with van der Waals surface area (Å²) < 4.78 is 3.97. The highest BCUT2D eigenvalue weighted by Gasteiger charge is 2.22. The predicted molar refractivity (Wildman–Crippen MR) is 114 cm³/mol. The van der Waals surface area contributed by atoms with Crippen LogP contribution in [0.2, 0.25) is 0 Å². The zero-order chi connectivity index (χ0) is 17.8. The van der Waals surface area contributed by atoms with Gasteiger partial charge in [0.15, 0.2) is 0 Å². The summed E-state index contributed by atoms with van der Waals surface area (Å²) in [4.78, 5) is 14.3. The van der Waals surface area contributed by atoms with Crippen LogP contribution in [0.1, 0.15) is 5.56 Å². The minimum atomic E-state index is 0.0459. The van der Waals surface area contributed by atoms with E-state index >= 15 is 0 Å². The lowest BCUT2D eigenvalue weighted by Crippen LogP contribution is -2.13. The van der Waals surface area contributed by atoms with Crippen LogP contribution in [0.5, 0.6) is 0 Å². The Morgan fingerprint density at radius 1 is 0.923 bits per heavy atom. The van der Waals surface area contributed by atoms with Crippen LogP contribution < -0.4 is 5.56 Å². The molecule has 2 nitrogen and oxygen atoms in total. The van der Waals surface area contributed by atoms with Gasteiger partial charge in [0.05, 0.1) is 20.8 Å². The van der Waals surface area contributed by atoms with Crippen molar-refractivity contribution in [1.29, 1.82) is 0 Å². The van der Waals surface area contributed by atoms with Crippen molar-refractivity contribution >= 4 is 48.3 Å². The summed E-state index contributed by atoms with van der Waals surface area (Å²) in [5.41, 5.74) is 4.34. The minimum Gasteiger partial charge on any atom is -0.273 e. The smallest absolute Gasteiger partial charge is 0.263 e. The molecule has 0 aromatic heterocycles. The van der Waals surface area contributed by atoms with E-state index in [4.69, 9.17) is 0 Å². The van der Waals surface area contributed by atoms with Crippen molar-refractivity contribution in [3.63, 3.8) is 0 Å². The quantitative estimate of drug-likeness (QED) is 0.308. The zero-order valence-electron chi connectivity index (χ0n) is 14.0. The lowest BCUT2D eigenvalue weighted by atomic mass is 10.1. The molecule has 0 bridgehead atoms. The summed E-state index contributed by atoms with van der Waals surface area (Å²) in [6, 6.07) is 22.5. The number of benzene rings is 3. The van der Waals surface area contributed by atoms with E-state index in [1.165, 1.54) is 5.56 Å². The van der Waals surface area contributed by atoms with Crippen LogP contribution in [0.25, 0.3) is 37.1 Å². The van der Waals surface area contributed by atoms with Crippen LogP contribution in [0.4, 0.5) is 0 Å². The van der Waals surface area contributed by atoms with Gasteiger partial charge in [-0.05, 0) is 36.8 Å². The number of hydrogen-bond acceptors (Lipinski definition) is 2. The molecule has 0 amide bonds. The fourth-order valence-electron chi connectivity index (χ4n) is 3.57. The SMILES string of the molecule is Cc1cccc(-c2sc3cc(Br)ccc3n3c(=O)c4ccccc4c2-3)c1. The second kappa shape index (κ2) is 5.79. The summed E-state index contributed by atoms with van der Waals surface area (Å²) in [6.45, 7) is 2.10. The molecule has 3 aromatic rings. The van der Waals surface area contributed by atoms with Crippen molar-refractivity contribution in [2.24, 2.45) is 0 Å². The zero-order valence-corrected chi connectivity index (χ0v) is 16.4. The molecule has 0 saturated heterocycles. The molecule has 0 radical (unpaired) electrons. The third-order valence-electron chi connectivity index (χ3n) is 4.71. The van der Waals surface area contributed by atoms with Crippen LogP contribution in [-0.2, 0) is 0 Å². The maximum absolute atomic E-state index is 13.2. The van der Waals surface area contributed by atoms with E-state index in [-0.39, 0.29) is 5.56 Å². The highest BCUT2D eigenvalue weighted by Crippen LogP contribution is 2.41. The number of aryl methyl sites for hydroxylation is 1. The number of halogens is 1. The van der Waals surface area contributed by atoms with Gasteiger partial charge >= 0.3 is 0 Å². The molecule has 0 unspecified atom stereocenters. The number of rotatable bonds is 1. The molecule has 0 spiro atoms. The molecule has 2 heterocycles. The first-order valence-corrected chi connectivity index (χ1v) is 9.97. The predicted octanol–water partition coefficient (Wildman–Crippen LogP) is 6.38. The number of aromatic nitrogens is 1. The van der Waals surface area contributed by atoms with E-state index in [0.717, 1.165) is 41.6 Å². The van der Waals surface area contributed by atoms with E-state index in [0.29, 0.717) is 0 Å². The van der Waals surface area contributed by atoms with E-state index < -0.39 is 0 Å². The first-order chi connectivity index (χ1) is 12.6. The molecule has 2 aliphatic heterocycles. The Kier molecular flexibility index (Phi) is 3.52. The van der Waals surface area contributed by atoms with Crippen LogP contribution >= 0.6 is 27.3 Å². The third-order valence-corrected chi connectivity index (χ3v) is 6.38. The normalized spacial score (nSPS) is 11.6. The Morgan fingerprint density at radius 3 is 2.54 bits per heavy atom. The van der Waals surface area contributed by atoms with Crippen molar-refractivity contribution < 1.29 is 0 Å². The summed E-state index contributed by atoms with van der Waals surface area (Å²) in [7, 11) is 0. The summed E-state index contributed by atoms with van der Waals surface area (Å²) in [5.74, 6) is 0. The highest BCUT2D eigenvalue weighted by molar-refractivity contribution is 9.10. The van der Waals surface area contributed by atoms with E-state index in [9.17, 15) is 4.79 Å². The molecule has 5 rings (SSSR count). The molecule has 26 heavy (non-hydrogen) atoms. The maximum atomic E-state index is 13.2. The summed E-state index contributed by atoms with van der Waals surface area (Å²) in [5, 5.41) is 1.78. The molecule has 0 aliphatic carbocycles. The number of hydrogen-bond donors (Lipinski definition) is 0. The van der Waals surface area contributed by atoms with E-state index in [2.05, 4.69) is 53.2 Å². The summed E-state index contributed by atoms with van der Waals surface area (Å²) in [6.07, 6.45) is 0. The van der Waals surface area contributed by atoms with Gasteiger partial charge in [0.2, 0.25) is 0 Å². The van der Waals surface area contributed by atoms with Crippen molar-refractivity contribution in [3.05, 3.63) is 87.1 Å².